The van der Waals surface area contributed by atoms with Crippen molar-refractivity contribution < 1.29 is 19.0 Å². The highest BCUT2D eigenvalue weighted by Crippen LogP contribution is 2.29. The van der Waals surface area contributed by atoms with Gasteiger partial charge in [0.1, 0.15) is 17.9 Å². The molecule has 0 aliphatic carbocycles. The molecule has 7 nitrogen and oxygen atoms in total. The van der Waals surface area contributed by atoms with E-state index in [1.165, 1.54) is 0 Å². The largest absolute Gasteiger partial charge is 0.492 e. The third kappa shape index (κ3) is 3.95. The minimum Gasteiger partial charge on any atom is -0.492 e. The maximum Gasteiger partial charge on any atom is 0.200 e. The van der Waals surface area contributed by atoms with Crippen molar-refractivity contribution >= 4 is 16.9 Å². The summed E-state index contributed by atoms with van der Waals surface area (Å²) in [6.45, 7) is 7.53. The number of benzene rings is 1. The monoisotopic (exact) mass is 374 g/mol. The van der Waals surface area contributed by atoms with Gasteiger partial charge in [-0.2, -0.15) is 0 Å². The molecule has 7 heteroatoms. The van der Waals surface area contributed by atoms with E-state index in [0.717, 1.165) is 30.8 Å². The summed E-state index contributed by atoms with van der Waals surface area (Å²) in [6.07, 6.45) is 0.602. The van der Waals surface area contributed by atoms with Crippen LogP contribution in [-0.4, -0.2) is 68.7 Å². The van der Waals surface area contributed by atoms with Crippen molar-refractivity contribution in [2.45, 2.75) is 19.4 Å². The molecule has 2 aliphatic heterocycles. The standard InChI is InChI=1S/C20H26N2O5/c1-14-18(26-11-6-21-5-4-15(23)13-21)3-2-16-17(24)12-19(27-20(14)16)22-7-9-25-10-8-22/h2-3,12,15,23H,4-11,13H2,1H3. The number of morpholine rings is 1. The molecule has 0 spiro atoms. The van der Waals surface area contributed by atoms with Crippen LogP contribution in [0.25, 0.3) is 11.0 Å². The molecule has 1 unspecified atom stereocenters. The third-order valence-corrected chi connectivity index (χ3v) is 5.32. The number of nitrogens with zero attached hydrogens (tertiary/aromatic N) is 2. The highest BCUT2D eigenvalue weighted by Gasteiger charge is 2.20. The summed E-state index contributed by atoms with van der Waals surface area (Å²) in [6, 6.07) is 5.17. The van der Waals surface area contributed by atoms with Crippen molar-refractivity contribution in [1.29, 1.82) is 0 Å². The summed E-state index contributed by atoms with van der Waals surface area (Å²) >= 11 is 0. The average Bonchev–Trinajstić information content (AvgIpc) is 3.09. The van der Waals surface area contributed by atoms with Gasteiger partial charge in [-0.3, -0.25) is 9.69 Å². The van der Waals surface area contributed by atoms with Crippen LogP contribution < -0.4 is 15.1 Å². The lowest BCUT2D eigenvalue weighted by molar-refractivity contribution is 0.121. The van der Waals surface area contributed by atoms with Crippen LogP contribution in [0, 0.1) is 6.92 Å². The third-order valence-electron chi connectivity index (χ3n) is 5.32. The molecule has 0 saturated carbocycles. The fraction of sp³-hybridized carbons (Fsp3) is 0.550. The predicted molar refractivity (Wildman–Crippen MR) is 103 cm³/mol. The predicted octanol–water partition coefficient (Wildman–Crippen LogP) is 1.38. The number of likely N-dealkylation sites (tertiary alicyclic amines) is 1. The van der Waals surface area contributed by atoms with Gasteiger partial charge in [-0.05, 0) is 25.5 Å². The van der Waals surface area contributed by atoms with Gasteiger partial charge >= 0.3 is 0 Å². The fourth-order valence-corrected chi connectivity index (χ4v) is 3.72. The van der Waals surface area contributed by atoms with Gasteiger partial charge in [0, 0.05) is 44.4 Å². The number of aliphatic hydroxyl groups excluding tert-OH is 1. The molecule has 1 aromatic heterocycles. The van der Waals surface area contributed by atoms with Crippen LogP contribution >= 0.6 is 0 Å². The van der Waals surface area contributed by atoms with Gasteiger partial charge in [-0.1, -0.05) is 0 Å². The first-order chi connectivity index (χ1) is 13.1. The molecule has 2 aromatic rings. The summed E-state index contributed by atoms with van der Waals surface area (Å²) in [5, 5.41) is 10.2. The second-order valence-electron chi connectivity index (χ2n) is 7.21. The molecule has 2 saturated heterocycles. The molecule has 4 rings (SSSR count). The smallest absolute Gasteiger partial charge is 0.200 e. The Hall–Kier alpha value is -2.09. The zero-order valence-corrected chi connectivity index (χ0v) is 15.6. The number of hydrogen-bond donors (Lipinski definition) is 1. The number of aryl methyl sites for hydroxylation is 1. The van der Waals surface area contributed by atoms with Crippen LogP contribution in [0.3, 0.4) is 0 Å². The summed E-state index contributed by atoms with van der Waals surface area (Å²) in [7, 11) is 0. The van der Waals surface area contributed by atoms with E-state index in [1.54, 1.807) is 12.1 Å². The number of fused-ring (bicyclic) bond motifs is 1. The Labute approximate surface area is 158 Å². The normalized spacial score (nSPS) is 21.1. The van der Waals surface area contributed by atoms with Gasteiger partial charge in [-0.25, -0.2) is 0 Å². The molecule has 1 atom stereocenters. The van der Waals surface area contributed by atoms with Crippen molar-refractivity contribution in [2.24, 2.45) is 0 Å². The van der Waals surface area contributed by atoms with Crippen molar-refractivity contribution in [3.05, 3.63) is 34.0 Å². The molecule has 146 valence electrons. The van der Waals surface area contributed by atoms with E-state index in [0.29, 0.717) is 56.3 Å². The van der Waals surface area contributed by atoms with E-state index in [2.05, 4.69) is 4.90 Å². The zero-order chi connectivity index (χ0) is 18.8. The lowest BCUT2D eigenvalue weighted by atomic mass is 10.1. The highest BCUT2D eigenvalue weighted by molar-refractivity contribution is 5.82. The molecule has 0 bridgehead atoms. The molecule has 2 aliphatic rings. The second-order valence-corrected chi connectivity index (χ2v) is 7.21. The van der Waals surface area contributed by atoms with Gasteiger partial charge in [0.25, 0.3) is 0 Å². The number of β-amino-alcohol motifs (C(OH)–C–C–N with tert-alkyl or cyclic N) is 1. The summed E-state index contributed by atoms with van der Waals surface area (Å²) in [5.41, 5.74) is 1.37. The van der Waals surface area contributed by atoms with Crippen LogP contribution in [0.1, 0.15) is 12.0 Å². The van der Waals surface area contributed by atoms with Crippen LogP contribution in [0.4, 0.5) is 5.88 Å². The number of hydrogen-bond acceptors (Lipinski definition) is 7. The van der Waals surface area contributed by atoms with Gasteiger partial charge in [-0.15, -0.1) is 0 Å². The number of aliphatic hydroxyl groups is 1. The van der Waals surface area contributed by atoms with E-state index in [4.69, 9.17) is 13.9 Å². The molecule has 2 fully saturated rings. The van der Waals surface area contributed by atoms with Crippen molar-refractivity contribution in [1.82, 2.24) is 4.90 Å². The lowest BCUT2D eigenvalue weighted by Gasteiger charge is -2.27. The second kappa shape index (κ2) is 7.88. The molecule has 0 radical (unpaired) electrons. The first kappa shape index (κ1) is 18.3. The number of ether oxygens (including phenoxy) is 2. The number of rotatable bonds is 5. The zero-order valence-electron chi connectivity index (χ0n) is 15.6. The molecular weight excluding hydrogens is 348 g/mol. The van der Waals surface area contributed by atoms with Crippen LogP contribution in [0.2, 0.25) is 0 Å². The van der Waals surface area contributed by atoms with Crippen molar-refractivity contribution in [3.8, 4) is 5.75 Å². The van der Waals surface area contributed by atoms with Crippen LogP contribution in [-0.2, 0) is 4.74 Å². The van der Waals surface area contributed by atoms with Gasteiger partial charge in [0.15, 0.2) is 11.3 Å². The highest BCUT2D eigenvalue weighted by atomic mass is 16.5. The Morgan fingerprint density at radius 3 is 2.81 bits per heavy atom. The Morgan fingerprint density at radius 2 is 2.07 bits per heavy atom. The first-order valence-corrected chi connectivity index (χ1v) is 9.55. The van der Waals surface area contributed by atoms with E-state index < -0.39 is 0 Å². The maximum atomic E-state index is 12.5. The van der Waals surface area contributed by atoms with Crippen LogP contribution in [0.5, 0.6) is 5.75 Å². The fourth-order valence-electron chi connectivity index (χ4n) is 3.72. The van der Waals surface area contributed by atoms with Crippen molar-refractivity contribution in [2.75, 3.05) is 57.4 Å². The van der Waals surface area contributed by atoms with E-state index >= 15 is 0 Å². The molecule has 1 aromatic carbocycles. The first-order valence-electron chi connectivity index (χ1n) is 9.55. The Bertz CT molecular complexity index is 859. The molecular formula is C20H26N2O5. The number of anilines is 1. The Morgan fingerprint density at radius 1 is 1.26 bits per heavy atom. The van der Waals surface area contributed by atoms with Crippen LogP contribution in [0.15, 0.2) is 27.4 Å². The maximum absolute atomic E-state index is 12.5. The average molecular weight is 374 g/mol. The van der Waals surface area contributed by atoms with E-state index in [-0.39, 0.29) is 11.5 Å². The lowest BCUT2D eigenvalue weighted by Crippen LogP contribution is -2.36. The minimum absolute atomic E-state index is 0.0431. The molecule has 27 heavy (non-hydrogen) atoms. The molecule has 1 N–H and O–H groups in total. The SMILES string of the molecule is Cc1c(OCCN2CCC(O)C2)ccc2c(=O)cc(N3CCOCC3)oc12. The Balaban J connectivity index is 1.53. The Kier molecular flexibility index (Phi) is 5.33. The quantitative estimate of drug-likeness (QED) is 0.847. The van der Waals surface area contributed by atoms with Gasteiger partial charge in [0.2, 0.25) is 0 Å². The summed E-state index contributed by atoms with van der Waals surface area (Å²) in [4.78, 5) is 16.8. The van der Waals surface area contributed by atoms with Gasteiger partial charge in [0.05, 0.1) is 24.7 Å². The molecule has 3 heterocycles. The van der Waals surface area contributed by atoms with Crippen molar-refractivity contribution in [3.63, 3.8) is 0 Å². The topological polar surface area (TPSA) is 75.4 Å². The van der Waals surface area contributed by atoms with E-state index in [1.807, 2.05) is 17.9 Å². The molecule has 0 amide bonds. The summed E-state index contributed by atoms with van der Waals surface area (Å²) in [5.74, 6) is 1.31. The minimum atomic E-state index is -0.222. The summed E-state index contributed by atoms with van der Waals surface area (Å²) < 4.78 is 17.4. The van der Waals surface area contributed by atoms with E-state index in [9.17, 15) is 9.90 Å². The van der Waals surface area contributed by atoms with Gasteiger partial charge < -0.3 is 23.9 Å².